The molecule has 4 rings (SSSR count). The van der Waals surface area contributed by atoms with Crippen LogP contribution in [0.3, 0.4) is 0 Å². The minimum absolute atomic E-state index is 0.0999. The van der Waals surface area contributed by atoms with Crippen LogP contribution in [0, 0.1) is 0 Å². The fourth-order valence-corrected chi connectivity index (χ4v) is 4.63. The molecule has 34 heavy (non-hydrogen) atoms. The monoisotopic (exact) mass is 495 g/mol. The number of amides is 1. The lowest BCUT2D eigenvalue weighted by Gasteiger charge is -2.19. The van der Waals surface area contributed by atoms with Gasteiger partial charge in [0.1, 0.15) is 6.26 Å². The third-order valence-corrected chi connectivity index (χ3v) is 6.38. The molecule has 0 aliphatic carbocycles. The molecule has 4 aromatic rings. The van der Waals surface area contributed by atoms with Crippen molar-refractivity contribution >= 4 is 29.3 Å². The van der Waals surface area contributed by atoms with Gasteiger partial charge in [-0.05, 0) is 37.1 Å². The summed E-state index contributed by atoms with van der Waals surface area (Å²) >= 11 is 7.89. The van der Waals surface area contributed by atoms with E-state index in [0.717, 1.165) is 24.1 Å². The normalized spacial score (nSPS) is 11.0. The Morgan fingerprint density at radius 3 is 2.44 bits per heavy atom. The molecular formula is C25H26ClN5O2S. The Morgan fingerprint density at radius 2 is 1.74 bits per heavy atom. The Morgan fingerprint density at radius 1 is 1.03 bits per heavy atom. The van der Waals surface area contributed by atoms with Gasteiger partial charge in [0.25, 0.3) is 5.91 Å². The van der Waals surface area contributed by atoms with E-state index in [1.807, 2.05) is 64.1 Å². The molecule has 0 N–H and O–H groups in total. The predicted octanol–water partition coefficient (Wildman–Crippen LogP) is 6.13. The van der Waals surface area contributed by atoms with Gasteiger partial charge < -0.3 is 9.32 Å². The summed E-state index contributed by atoms with van der Waals surface area (Å²) in [4.78, 5) is 19.1. The van der Waals surface area contributed by atoms with Crippen LogP contribution in [-0.4, -0.2) is 43.6 Å². The third kappa shape index (κ3) is 5.34. The molecule has 0 aliphatic heterocycles. The lowest BCUT2D eigenvalue weighted by molar-refractivity contribution is 0.0749. The highest BCUT2D eigenvalue weighted by molar-refractivity contribution is 7.98. The summed E-state index contributed by atoms with van der Waals surface area (Å²) in [6.45, 7) is 5.52. The van der Waals surface area contributed by atoms with Crippen molar-refractivity contribution < 1.29 is 9.21 Å². The van der Waals surface area contributed by atoms with E-state index in [9.17, 15) is 4.79 Å². The van der Waals surface area contributed by atoms with Crippen LogP contribution in [0.5, 0.6) is 0 Å². The van der Waals surface area contributed by atoms with Gasteiger partial charge in [-0.25, -0.2) is 4.98 Å². The van der Waals surface area contributed by atoms with Gasteiger partial charge in [0.15, 0.2) is 16.7 Å². The second-order valence-electron chi connectivity index (χ2n) is 7.66. The number of hydrogen-bond donors (Lipinski definition) is 0. The molecule has 0 spiro atoms. The molecule has 1 amide bonds. The highest BCUT2D eigenvalue weighted by atomic mass is 35.5. The number of carbonyl (C=O) groups is 1. The van der Waals surface area contributed by atoms with Gasteiger partial charge in [0.2, 0.25) is 5.89 Å². The Kier molecular flexibility index (Phi) is 8.03. The number of hydrogen-bond acceptors (Lipinski definition) is 6. The van der Waals surface area contributed by atoms with Crippen LogP contribution < -0.4 is 0 Å². The lowest BCUT2D eigenvalue weighted by atomic mass is 10.2. The predicted molar refractivity (Wildman–Crippen MR) is 134 cm³/mol. The highest BCUT2D eigenvalue weighted by Crippen LogP contribution is 2.32. The van der Waals surface area contributed by atoms with E-state index in [0.29, 0.717) is 46.4 Å². The Hall–Kier alpha value is -3.10. The molecule has 0 saturated carbocycles. The molecule has 2 heterocycles. The van der Waals surface area contributed by atoms with E-state index in [1.165, 1.54) is 18.0 Å². The maximum atomic E-state index is 12.8. The smallest absolute Gasteiger partial charge is 0.275 e. The zero-order valence-electron chi connectivity index (χ0n) is 19.1. The van der Waals surface area contributed by atoms with Crippen molar-refractivity contribution in [3.8, 4) is 17.1 Å². The lowest BCUT2D eigenvalue weighted by Crippen LogP contribution is -2.32. The van der Waals surface area contributed by atoms with Gasteiger partial charge >= 0.3 is 0 Å². The summed E-state index contributed by atoms with van der Waals surface area (Å²) < 4.78 is 7.58. The summed E-state index contributed by atoms with van der Waals surface area (Å²) in [7, 11) is 0. The molecule has 0 radical (unpaired) electrons. The van der Waals surface area contributed by atoms with Crippen molar-refractivity contribution in [3.05, 3.63) is 77.5 Å². The molecule has 2 aromatic heterocycles. The first-order chi connectivity index (χ1) is 16.6. The number of aromatic nitrogens is 4. The Labute approximate surface area is 208 Å². The molecule has 0 atom stereocenters. The number of oxazole rings is 1. The van der Waals surface area contributed by atoms with Crippen LogP contribution >= 0.6 is 23.4 Å². The van der Waals surface area contributed by atoms with Crippen LogP contribution in [0.1, 0.15) is 43.1 Å². The number of nitrogens with zero attached hydrogens (tertiary/aromatic N) is 5. The molecule has 0 fully saturated rings. The summed E-state index contributed by atoms with van der Waals surface area (Å²) in [5.41, 5.74) is 2.05. The Balaban J connectivity index is 1.58. The minimum atomic E-state index is -0.0999. The fourth-order valence-electron chi connectivity index (χ4n) is 3.61. The molecule has 176 valence electrons. The molecule has 0 aliphatic rings. The van der Waals surface area contributed by atoms with Crippen LogP contribution in [0.2, 0.25) is 5.02 Å². The van der Waals surface area contributed by atoms with E-state index < -0.39 is 0 Å². The standard InChI is InChI=1S/C25H26ClN5O2S/c1-3-14-30(15-4-2)24(32)21-16-33-22(27-21)17-34-25-29-28-23(19-12-8-9-13-20(19)26)31(25)18-10-6-5-7-11-18/h5-13,16H,3-4,14-15,17H2,1-2H3. The highest BCUT2D eigenvalue weighted by Gasteiger charge is 2.21. The van der Waals surface area contributed by atoms with Crippen molar-refractivity contribution in [2.45, 2.75) is 37.6 Å². The van der Waals surface area contributed by atoms with Gasteiger partial charge in [-0.3, -0.25) is 9.36 Å². The largest absolute Gasteiger partial charge is 0.447 e. The zero-order chi connectivity index (χ0) is 23.9. The van der Waals surface area contributed by atoms with Gasteiger partial charge in [0.05, 0.1) is 10.8 Å². The van der Waals surface area contributed by atoms with Crippen molar-refractivity contribution in [3.63, 3.8) is 0 Å². The molecule has 0 unspecified atom stereocenters. The maximum Gasteiger partial charge on any atom is 0.275 e. The number of benzene rings is 2. The molecule has 7 nitrogen and oxygen atoms in total. The summed E-state index contributed by atoms with van der Waals surface area (Å²) in [6, 6.07) is 17.4. The van der Waals surface area contributed by atoms with Gasteiger partial charge in [0, 0.05) is 24.3 Å². The molecular weight excluding hydrogens is 470 g/mol. The van der Waals surface area contributed by atoms with Crippen molar-refractivity contribution in [1.29, 1.82) is 0 Å². The van der Waals surface area contributed by atoms with Gasteiger partial charge in [-0.15, -0.1) is 10.2 Å². The van der Waals surface area contributed by atoms with Gasteiger partial charge in [-0.2, -0.15) is 0 Å². The first-order valence-corrected chi connectivity index (χ1v) is 12.6. The minimum Gasteiger partial charge on any atom is -0.447 e. The van der Waals surface area contributed by atoms with Crippen molar-refractivity contribution in [1.82, 2.24) is 24.6 Å². The van der Waals surface area contributed by atoms with E-state index in [2.05, 4.69) is 29.0 Å². The molecule has 0 bridgehead atoms. The average Bonchev–Trinajstić information content (AvgIpc) is 3.50. The first kappa shape index (κ1) is 24.0. The number of carbonyl (C=O) groups excluding carboxylic acids is 1. The number of para-hydroxylation sites is 1. The Bertz CT molecular complexity index is 1240. The zero-order valence-corrected chi connectivity index (χ0v) is 20.7. The van der Waals surface area contributed by atoms with Crippen LogP contribution in [-0.2, 0) is 5.75 Å². The topological polar surface area (TPSA) is 77.0 Å². The third-order valence-electron chi connectivity index (χ3n) is 5.13. The first-order valence-electron chi connectivity index (χ1n) is 11.2. The van der Waals surface area contributed by atoms with Crippen molar-refractivity contribution in [2.75, 3.05) is 13.1 Å². The van der Waals surface area contributed by atoms with E-state index in [4.69, 9.17) is 16.0 Å². The number of halogens is 1. The van der Waals surface area contributed by atoms with Gasteiger partial charge in [-0.1, -0.05) is 67.5 Å². The summed E-state index contributed by atoms with van der Waals surface area (Å²) in [5.74, 6) is 1.42. The van der Waals surface area contributed by atoms with Crippen LogP contribution in [0.15, 0.2) is 70.4 Å². The summed E-state index contributed by atoms with van der Waals surface area (Å²) in [5, 5.41) is 10.1. The van der Waals surface area contributed by atoms with Crippen LogP contribution in [0.25, 0.3) is 17.1 Å². The summed E-state index contributed by atoms with van der Waals surface area (Å²) in [6.07, 6.45) is 3.23. The number of rotatable bonds is 10. The fraction of sp³-hybridized carbons (Fsp3) is 0.280. The second-order valence-corrected chi connectivity index (χ2v) is 9.01. The van der Waals surface area contributed by atoms with E-state index >= 15 is 0 Å². The second kappa shape index (κ2) is 11.4. The molecule has 2 aromatic carbocycles. The molecule has 9 heteroatoms. The maximum absolute atomic E-state index is 12.8. The van der Waals surface area contributed by atoms with Crippen LogP contribution in [0.4, 0.5) is 0 Å². The van der Waals surface area contributed by atoms with E-state index in [-0.39, 0.29) is 5.91 Å². The molecule has 0 saturated heterocycles. The number of thioether (sulfide) groups is 1. The SMILES string of the molecule is CCCN(CCC)C(=O)c1coc(CSc2nnc(-c3ccccc3Cl)n2-c2ccccc2)n1. The quantitative estimate of drug-likeness (QED) is 0.246. The average molecular weight is 496 g/mol. The van der Waals surface area contributed by atoms with Crippen molar-refractivity contribution in [2.24, 2.45) is 0 Å². The van der Waals surface area contributed by atoms with E-state index in [1.54, 1.807) is 0 Å².